The quantitative estimate of drug-likeness (QED) is 0.913. The number of likely N-dealkylation sites (tertiary alicyclic amines) is 1. The van der Waals surface area contributed by atoms with Gasteiger partial charge in [0.1, 0.15) is 5.82 Å². The van der Waals surface area contributed by atoms with Crippen LogP contribution in [0.5, 0.6) is 0 Å². The van der Waals surface area contributed by atoms with Gasteiger partial charge in [-0.05, 0) is 24.1 Å². The van der Waals surface area contributed by atoms with E-state index in [0.717, 1.165) is 25.1 Å². The van der Waals surface area contributed by atoms with Crippen LogP contribution >= 0.6 is 11.6 Å². The molecule has 1 aliphatic heterocycles. The summed E-state index contributed by atoms with van der Waals surface area (Å²) in [5.74, 6) is -0.389. The molecule has 0 amide bonds. The largest absolute Gasteiger partial charge is 0.383 e. The molecular weight excluding hydrogens is 255 g/mol. The first kappa shape index (κ1) is 13.7. The molecular formula is C13H18ClFN2O. The SMILES string of the molecule is COCCN1CCC(N)C1c1ccc(Cl)c(F)c1. The Hall–Kier alpha value is -0.680. The van der Waals surface area contributed by atoms with Gasteiger partial charge in [-0.25, -0.2) is 4.39 Å². The Morgan fingerprint density at radius 2 is 2.33 bits per heavy atom. The number of nitrogens with zero attached hydrogens (tertiary/aromatic N) is 1. The van der Waals surface area contributed by atoms with Crippen LogP contribution in [0.2, 0.25) is 5.02 Å². The summed E-state index contributed by atoms with van der Waals surface area (Å²) in [4.78, 5) is 2.23. The Morgan fingerprint density at radius 1 is 1.56 bits per heavy atom. The Balaban J connectivity index is 2.19. The number of benzene rings is 1. The molecule has 1 aliphatic rings. The van der Waals surface area contributed by atoms with Crippen molar-refractivity contribution in [1.82, 2.24) is 4.90 Å². The molecule has 2 unspecified atom stereocenters. The predicted octanol–water partition coefficient (Wildman–Crippen LogP) is 2.20. The van der Waals surface area contributed by atoms with Crippen molar-refractivity contribution in [1.29, 1.82) is 0 Å². The molecule has 2 N–H and O–H groups in total. The second-order valence-corrected chi connectivity index (χ2v) is 5.01. The van der Waals surface area contributed by atoms with Crippen molar-refractivity contribution in [3.8, 4) is 0 Å². The second-order valence-electron chi connectivity index (χ2n) is 4.60. The van der Waals surface area contributed by atoms with Crippen LogP contribution in [-0.2, 0) is 4.74 Å². The van der Waals surface area contributed by atoms with Crippen LogP contribution in [0.15, 0.2) is 18.2 Å². The second kappa shape index (κ2) is 5.97. The average Bonchev–Trinajstić information content (AvgIpc) is 2.71. The van der Waals surface area contributed by atoms with Crippen LogP contribution in [0, 0.1) is 5.82 Å². The van der Waals surface area contributed by atoms with E-state index in [-0.39, 0.29) is 22.9 Å². The zero-order valence-electron chi connectivity index (χ0n) is 10.4. The molecule has 1 aromatic rings. The molecule has 3 nitrogen and oxygen atoms in total. The predicted molar refractivity (Wildman–Crippen MR) is 70.2 cm³/mol. The molecule has 100 valence electrons. The minimum atomic E-state index is -0.389. The molecule has 2 atom stereocenters. The Bertz CT molecular complexity index is 416. The van der Waals surface area contributed by atoms with Gasteiger partial charge in [-0.3, -0.25) is 4.90 Å². The van der Waals surface area contributed by atoms with E-state index in [2.05, 4.69) is 4.90 Å². The van der Waals surface area contributed by atoms with Crippen molar-refractivity contribution in [3.63, 3.8) is 0 Å². The number of halogens is 2. The molecule has 1 saturated heterocycles. The van der Waals surface area contributed by atoms with Gasteiger partial charge < -0.3 is 10.5 Å². The smallest absolute Gasteiger partial charge is 0.142 e. The highest BCUT2D eigenvalue weighted by atomic mass is 35.5. The summed E-state index contributed by atoms with van der Waals surface area (Å²) < 4.78 is 18.6. The van der Waals surface area contributed by atoms with Crippen LogP contribution < -0.4 is 5.73 Å². The fourth-order valence-corrected chi connectivity index (χ4v) is 2.61. The van der Waals surface area contributed by atoms with E-state index in [9.17, 15) is 4.39 Å². The number of ether oxygens (including phenoxy) is 1. The minimum absolute atomic E-state index is 0.0300. The van der Waals surface area contributed by atoms with Gasteiger partial charge in [-0.1, -0.05) is 17.7 Å². The van der Waals surface area contributed by atoms with Crippen molar-refractivity contribution < 1.29 is 9.13 Å². The number of hydrogen-bond donors (Lipinski definition) is 1. The molecule has 2 rings (SSSR count). The molecule has 1 fully saturated rings. The van der Waals surface area contributed by atoms with Crippen molar-refractivity contribution >= 4 is 11.6 Å². The zero-order valence-corrected chi connectivity index (χ0v) is 11.2. The summed E-state index contributed by atoms with van der Waals surface area (Å²) >= 11 is 5.70. The van der Waals surface area contributed by atoms with Crippen molar-refractivity contribution in [2.45, 2.75) is 18.5 Å². The monoisotopic (exact) mass is 272 g/mol. The highest BCUT2D eigenvalue weighted by Crippen LogP contribution is 2.32. The summed E-state index contributed by atoms with van der Waals surface area (Å²) in [5.41, 5.74) is 7.01. The summed E-state index contributed by atoms with van der Waals surface area (Å²) in [6, 6.07) is 5.00. The van der Waals surface area contributed by atoms with E-state index in [1.54, 1.807) is 13.2 Å². The lowest BCUT2D eigenvalue weighted by atomic mass is 10.0. The summed E-state index contributed by atoms with van der Waals surface area (Å²) in [6.45, 7) is 2.37. The van der Waals surface area contributed by atoms with Crippen LogP contribution in [0.3, 0.4) is 0 Å². The molecule has 0 aromatic heterocycles. The van der Waals surface area contributed by atoms with Crippen LogP contribution in [-0.4, -0.2) is 37.7 Å². The Morgan fingerprint density at radius 3 is 3.00 bits per heavy atom. The number of methoxy groups -OCH3 is 1. The zero-order chi connectivity index (χ0) is 13.1. The van der Waals surface area contributed by atoms with Gasteiger partial charge in [-0.2, -0.15) is 0 Å². The molecule has 0 aliphatic carbocycles. The summed E-state index contributed by atoms with van der Waals surface area (Å²) in [7, 11) is 1.67. The average molecular weight is 273 g/mol. The van der Waals surface area contributed by atoms with Crippen LogP contribution in [0.1, 0.15) is 18.0 Å². The van der Waals surface area contributed by atoms with Crippen molar-refractivity contribution in [3.05, 3.63) is 34.6 Å². The van der Waals surface area contributed by atoms with Gasteiger partial charge in [0.05, 0.1) is 17.7 Å². The molecule has 1 aromatic carbocycles. The Kier molecular flexibility index (Phi) is 4.56. The van der Waals surface area contributed by atoms with Crippen LogP contribution in [0.25, 0.3) is 0 Å². The van der Waals surface area contributed by atoms with Crippen LogP contribution in [0.4, 0.5) is 4.39 Å². The molecule has 5 heteroatoms. The standard InChI is InChI=1S/C13H18ClFN2O/c1-18-7-6-17-5-4-12(16)13(17)9-2-3-10(14)11(15)8-9/h2-3,8,12-13H,4-7,16H2,1H3. The first-order chi connectivity index (χ1) is 8.63. The molecule has 0 bridgehead atoms. The number of nitrogens with two attached hydrogens (primary N) is 1. The van der Waals surface area contributed by atoms with Crippen molar-refractivity contribution in [2.75, 3.05) is 26.8 Å². The van der Waals surface area contributed by atoms with Gasteiger partial charge in [0.15, 0.2) is 0 Å². The van der Waals surface area contributed by atoms with Gasteiger partial charge >= 0.3 is 0 Å². The number of rotatable bonds is 4. The molecule has 1 heterocycles. The lowest BCUT2D eigenvalue weighted by Gasteiger charge is -2.27. The van der Waals surface area contributed by atoms with Gasteiger partial charge in [0.25, 0.3) is 0 Å². The lowest BCUT2D eigenvalue weighted by molar-refractivity contribution is 0.139. The third kappa shape index (κ3) is 2.83. The fraction of sp³-hybridized carbons (Fsp3) is 0.538. The maximum atomic E-state index is 13.5. The highest BCUT2D eigenvalue weighted by molar-refractivity contribution is 6.30. The summed E-state index contributed by atoms with van der Waals surface area (Å²) in [6.07, 6.45) is 0.915. The van der Waals surface area contributed by atoms with Crippen molar-refractivity contribution in [2.24, 2.45) is 5.73 Å². The lowest BCUT2D eigenvalue weighted by Crippen LogP contribution is -2.33. The first-order valence-corrected chi connectivity index (χ1v) is 6.45. The third-order valence-electron chi connectivity index (χ3n) is 3.42. The maximum Gasteiger partial charge on any atom is 0.142 e. The van der Waals surface area contributed by atoms with E-state index < -0.39 is 0 Å². The maximum absolute atomic E-state index is 13.5. The van der Waals surface area contributed by atoms with E-state index in [0.29, 0.717) is 6.61 Å². The molecule has 0 radical (unpaired) electrons. The van der Waals surface area contributed by atoms with E-state index in [1.807, 2.05) is 6.07 Å². The molecule has 0 saturated carbocycles. The summed E-state index contributed by atoms with van der Waals surface area (Å²) in [5, 5.41) is 0.147. The van der Waals surface area contributed by atoms with Gasteiger partial charge in [-0.15, -0.1) is 0 Å². The van der Waals surface area contributed by atoms with Gasteiger partial charge in [0.2, 0.25) is 0 Å². The van der Waals surface area contributed by atoms with Gasteiger partial charge in [0, 0.05) is 26.2 Å². The molecule has 18 heavy (non-hydrogen) atoms. The molecule has 0 spiro atoms. The van der Waals surface area contributed by atoms with E-state index in [4.69, 9.17) is 22.1 Å². The number of hydrogen-bond acceptors (Lipinski definition) is 3. The third-order valence-corrected chi connectivity index (χ3v) is 3.72. The van der Waals surface area contributed by atoms with E-state index >= 15 is 0 Å². The first-order valence-electron chi connectivity index (χ1n) is 6.07. The Labute approximate surface area is 112 Å². The van der Waals surface area contributed by atoms with E-state index in [1.165, 1.54) is 6.07 Å². The normalized spacial score (nSPS) is 24.7. The fourth-order valence-electron chi connectivity index (χ4n) is 2.50. The highest BCUT2D eigenvalue weighted by Gasteiger charge is 2.32. The minimum Gasteiger partial charge on any atom is -0.383 e. The topological polar surface area (TPSA) is 38.5 Å².